The molecule has 2 aromatic rings. The molecule has 1 aromatic heterocycles. The van der Waals surface area contributed by atoms with Crippen LogP contribution in [0.4, 0.5) is 10.5 Å². The summed E-state index contributed by atoms with van der Waals surface area (Å²) in [5.74, 6) is 0.841. The van der Waals surface area contributed by atoms with Crippen LogP contribution in [0.15, 0.2) is 27.4 Å². The number of carbonyl (C=O) groups excluding carboxylic acids is 1. The molecule has 2 saturated heterocycles. The number of anilines is 1. The van der Waals surface area contributed by atoms with E-state index in [4.69, 9.17) is 4.42 Å². The van der Waals surface area contributed by atoms with Gasteiger partial charge in [0.1, 0.15) is 0 Å². The molecule has 2 fully saturated rings. The SMILES string of the molecule is CCn1c(=O)oc2cc(NC(=O)N3CCC(C4NNCC4C)CC3)ccc21. The fourth-order valence-corrected chi connectivity index (χ4v) is 4.30. The van der Waals surface area contributed by atoms with Crippen molar-refractivity contribution in [1.29, 1.82) is 0 Å². The van der Waals surface area contributed by atoms with Crippen molar-refractivity contribution >= 4 is 22.8 Å². The van der Waals surface area contributed by atoms with Gasteiger partial charge in [0.15, 0.2) is 5.58 Å². The minimum atomic E-state index is -0.373. The molecule has 2 aliphatic heterocycles. The number of hydrogen-bond donors (Lipinski definition) is 3. The topological polar surface area (TPSA) is 91.5 Å². The van der Waals surface area contributed by atoms with Gasteiger partial charge < -0.3 is 14.6 Å². The number of carbonyl (C=O) groups is 1. The number of aryl methyl sites for hydroxylation is 1. The first-order valence-electron chi connectivity index (χ1n) is 9.74. The van der Waals surface area contributed by atoms with Gasteiger partial charge in [0.2, 0.25) is 0 Å². The molecule has 2 amide bonds. The molecule has 146 valence electrons. The van der Waals surface area contributed by atoms with Crippen molar-refractivity contribution in [3.8, 4) is 0 Å². The minimum absolute atomic E-state index is 0.101. The van der Waals surface area contributed by atoms with E-state index in [9.17, 15) is 9.59 Å². The van der Waals surface area contributed by atoms with Crippen molar-refractivity contribution in [3.05, 3.63) is 28.7 Å². The van der Waals surface area contributed by atoms with Crippen molar-refractivity contribution < 1.29 is 9.21 Å². The maximum Gasteiger partial charge on any atom is 0.419 e. The van der Waals surface area contributed by atoms with Crippen LogP contribution in [0.25, 0.3) is 11.1 Å². The predicted molar refractivity (Wildman–Crippen MR) is 104 cm³/mol. The van der Waals surface area contributed by atoms with E-state index in [1.807, 2.05) is 24.0 Å². The van der Waals surface area contributed by atoms with E-state index in [-0.39, 0.29) is 11.8 Å². The lowest BCUT2D eigenvalue weighted by Gasteiger charge is -2.35. The van der Waals surface area contributed by atoms with Crippen LogP contribution < -0.4 is 21.9 Å². The van der Waals surface area contributed by atoms with Crippen molar-refractivity contribution in [2.75, 3.05) is 25.0 Å². The molecule has 0 aliphatic carbocycles. The molecule has 0 radical (unpaired) electrons. The van der Waals surface area contributed by atoms with Gasteiger partial charge in [-0.3, -0.25) is 15.4 Å². The van der Waals surface area contributed by atoms with Gasteiger partial charge in [-0.05, 0) is 43.7 Å². The van der Waals surface area contributed by atoms with Crippen LogP contribution in [-0.2, 0) is 6.54 Å². The first kappa shape index (κ1) is 18.1. The fourth-order valence-electron chi connectivity index (χ4n) is 4.30. The molecule has 2 aliphatic rings. The lowest BCUT2D eigenvalue weighted by Crippen LogP contribution is -2.46. The number of oxazole rings is 1. The highest BCUT2D eigenvalue weighted by Crippen LogP contribution is 2.27. The second kappa shape index (κ2) is 7.36. The second-order valence-electron chi connectivity index (χ2n) is 7.58. The molecule has 0 spiro atoms. The Morgan fingerprint density at radius 2 is 2.11 bits per heavy atom. The molecule has 8 heteroatoms. The Morgan fingerprint density at radius 1 is 1.33 bits per heavy atom. The van der Waals surface area contributed by atoms with Gasteiger partial charge in [-0.25, -0.2) is 9.59 Å². The Kier molecular flexibility index (Phi) is 4.92. The summed E-state index contributed by atoms with van der Waals surface area (Å²) in [6.07, 6.45) is 2.01. The number of urea groups is 1. The Labute approximate surface area is 157 Å². The van der Waals surface area contributed by atoms with Gasteiger partial charge in [0, 0.05) is 44.0 Å². The normalized spacial score (nSPS) is 23.9. The molecule has 0 saturated carbocycles. The van der Waals surface area contributed by atoms with E-state index >= 15 is 0 Å². The number of amides is 2. The van der Waals surface area contributed by atoms with Gasteiger partial charge in [0.05, 0.1) is 5.52 Å². The quantitative estimate of drug-likeness (QED) is 0.765. The van der Waals surface area contributed by atoms with Crippen molar-refractivity contribution in [1.82, 2.24) is 20.3 Å². The summed E-state index contributed by atoms with van der Waals surface area (Å²) >= 11 is 0. The van der Waals surface area contributed by atoms with Crippen LogP contribution in [0.1, 0.15) is 26.7 Å². The molecule has 1 aromatic carbocycles. The maximum absolute atomic E-state index is 12.6. The number of likely N-dealkylation sites (tertiary alicyclic amines) is 1. The van der Waals surface area contributed by atoms with Crippen molar-refractivity contribution in [2.24, 2.45) is 11.8 Å². The maximum atomic E-state index is 12.6. The summed E-state index contributed by atoms with van der Waals surface area (Å²) in [6, 6.07) is 5.72. The number of aromatic nitrogens is 1. The van der Waals surface area contributed by atoms with Gasteiger partial charge in [-0.2, -0.15) is 0 Å². The summed E-state index contributed by atoms with van der Waals surface area (Å²) in [5.41, 5.74) is 8.49. The van der Waals surface area contributed by atoms with Crippen LogP contribution >= 0.6 is 0 Å². The number of piperidine rings is 1. The predicted octanol–water partition coefficient (Wildman–Crippen LogP) is 1.97. The number of fused-ring (bicyclic) bond motifs is 1. The fraction of sp³-hybridized carbons (Fsp3) is 0.579. The third-order valence-corrected chi connectivity index (χ3v) is 5.88. The number of hydrogen-bond acceptors (Lipinski definition) is 5. The number of benzene rings is 1. The lowest BCUT2D eigenvalue weighted by atomic mass is 9.84. The molecule has 8 nitrogen and oxygen atoms in total. The molecular weight excluding hydrogens is 346 g/mol. The molecule has 3 heterocycles. The highest BCUT2D eigenvalue weighted by Gasteiger charge is 2.33. The average Bonchev–Trinajstić information content (AvgIpc) is 3.23. The third-order valence-electron chi connectivity index (χ3n) is 5.88. The minimum Gasteiger partial charge on any atom is -0.408 e. The summed E-state index contributed by atoms with van der Waals surface area (Å²) in [6.45, 7) is 7.22. The molecular formula is C19H27N5O3. The Bertz CT molecular complexity index is 881. The monoisotopic (exact) mass is 373 g/mol. The zero-order valence-corrected chi connectivity index (χ0v) is 15.8. The second-order valence-corrected chi connectivity index (χ2v) is 7.58. The first-order valence-corrected chi connectivity index (χ1v) is 9.74. The third kappa shape index (κ3) is 3.46. The smallest absolute Gasteiger partial charge is 0.408 e. The van der Waals surface area contributed by atoms with Gasteiger partial charge in [0.25, 0.3) is 0 Å². The van der Waals surface area contributed by atoms with E-state index in [0.717, 1.165) is 38.0 Å². The van der Waals surface area contributed by atoms with Crippen LogP contribution in [0.3, 0.4) is 0 Å². The van der Waals surface area contributed by atoms with Crippen LogP contribution in [0.5, 0.6) is 0 Å². The van der Waals surface area contributed by atoms with Crippen LogP contribution in [0, 0.1) is 11.8 Å². The highest BCUT2D eigenvalue weighted by atomic mass is 16.4. The Morgan fingerprint density at radius 3 is 2.78 bits per heavy atom. The molecule has 2 unspecified atom stereocenters. The Balaban J connectivity index is 1.38. The van der Waals surface area contributed by atoms with E-state index in [1.165, 1.54) is 0 Å². The largest absolute Gasteiger partial charge is 0.419 e. The lowest BCUT2D eigenvalue weighted by molar-refractivity contribution is 0.162. The molecule has 3 N–H and O–H groups in total. The van der Waals surface area contributed by atoms with E-state index in [1.54, 1.807) is 10.6 Å². The number of nitrogens with zero attached hydrogens (tertiary/aromatic N) is 2. The van der Waals surface area contributed by atoms with E-state index < -0.39 is 0 Å². The van der Waals surface area contributed by atoms with Crippen LogP contribution in [0.2, 0.25) is 0 Å². The zero-order valence-electron chi connectivity index (χ0n) is 15.8. The molecule has 2 atom stereocenters. The summed E-state index contributed by atoms with van der Waals surface area (Å²) in [5, 5.41) is 2.93. The summed E-state index contributed by atoms with van der Waals surface area (Å²) in [7, 11) is 0. The number of rotatable bonds is 3. The highest BCUT2D eigenvalue weighted by molar-refractivity contribution is 5.91. The first-order chi connectivity index (χ1) is 13.1. The van der Waals surface area contributed by atoms with Gasteiger partial charge in [-0.1, -0.05) is 6.92 Å². The molecule has 27 heavy (non-hydrogen) atoms. The summed E-state index contributed by atoms with van der Waals surface area (Å²) < 4.78 is 6.84. The number of nitrogens with one attached hydrogen (secondary N) is 3. The number of hydrazine groups is 1. The van der Waals surface area contributed by atoms with Crippen LogP contribution in [-0.4, -0.2) is 41.2 Å². The van der Waals surface area contributed by atoms with Crippen molar-refractivity contribution in [3.63, 3.8) is 0 Å². The molecule has 0 bridgehead atoms. The van der Waals surface area contributed by atoms with E-state index in [2.05, 4.69) is 23.1 Å². The zero-order chi connectivity index (χ0) is 19.0. The standard InChI is InChI=1S/C19H27N5O3/c1-3-24-15-5-4-14(10-16(15)27-19(24)26)21-18(25)23-8-6-13(7-9-23)17-12(2)11-20-22-17/h4-5,10,12-13,17,20,22H,3,6-9,11H2,1-2H3,(H,21,25). The van der Waals surface area contributed by atoms with Gasteiger partial charge >= 0.3 is 11.8 Å². The Hall–Kier alpha value is -2.32. The average molecular weight is 373 g/mol. The van der Waals surface area contributed by atoms with Crippen molar-refractivity contribution in [2.45, 2.75) is 39.3 Å². The molecule has 4 rings (SSSR count). The van der Waals surface area contributed by atoms with E-state index in [0.29, 0.717) is 35.7 Å². The van der Waals surface area contributed by atoms with Gasteiger partial charge in [-0.15, -0.1) is 0 Å². The summed E-state index contributed by atoms with van der Waals surface area (Å²) in [4.78, 5) is 26.3.